The number of carbonyl (C=O) groups excluding carboxylic acids is 3. The van der Waals surface area contributed by atoms with Crippen LogP contribution >= 0.6 is 0 Å². The molecule has 3 atom stereocenters. The highest BCUT2D eigenvalue weighted by Gasteiger charge is 2.41. The molecule has 0 aliphatic rings. The van der Waals surface area contributed by atoms with Crippen LogP contribution in [0.3, 0.4) is 0 Å². The Morgan fingerprint density at radius 2 is 1.57 bits per heavy atom. The summed E-state index contributed by atoms with van der Waals surface area (Å²) in [5.74, 6) is -0.627. The van der Waals surface area contributed by atoms with Crippen LogP contribution in [0.1, 0.15) is 54.0 Å². The van der Waals surface area contributed by atoms with Crippen LogP contribution in [0.5, 0.6) is 0 Å². The Morgan fingerprint density at radius 1 is 1.00 bits per heavy atom. The predicted octanol–water partition coefficient (Wildman–Crippen LogP) is 2.33. The number of methoxy groups -OCH3 is 1. The minimum Gasteiger partial charge on any atom is -0.468 e. The molecule has 198 valence electrons. The summed E-state index contributed by atoms with van der Waals surface area (Å²) in [5.41, 5.74) is 0.00853. The molecule has 1 rings (SSSR count). The van der Waals surface area contributed by atoms with E-state index in [4.69, 9.17) is 0 Å². The fourth-order valence-electron chi connectivity index (χ4n) is 4.31. The van der Waals surface area contributed by atoms with Crippen molar-refractivity contribution in [2.75, 3.05) is 34.3 Å². The average molecular weight is 491 g/mol. The number of likely N-dealkylation sites (N-methyl/N-ethyl adjacent to an activating group) is 2. The first-order valence-corrected chi connectivity index (χ1v) is 12.3. The van der Waals surface area contributed by atoms with E-state index in [0.29, 0.717) is 6.54 Å². The fourth-order valence-corrected chi connectivity index (χ4v) is 4.31. The number of esters is 1. The molecule has 35 heavy (non-hydrogen) atoms. The number of ether oxygens (including phenoxy) is 1. The molecular formula is C27H46N4O4. The van der Waals surface area contributed by atoms with Crippen LogP contribution in [-0.2, 0) is 24.5 Å². The lowest BCUT2D eigenvalue weighted by molar-refractivity contribution is -0.141. The molecule has 0 heterocycles. The number of hydrogen-bond acceptors (Lipinski definition) is 6. The van der Waals surface area contributed by atoms with Crippen molar-refractivity contribution in [1.29, 1.82) is 0 Å². The molecule has 3 unspecified atom stereocenters. The summed E-state index contributed by atoms with van der Waals surface area (Å²) in [5, 5.41) is 9.29. The molecule has 0 saturated heterocycles. The molecule has 0 fully saturated rings. The van der Waals surface area contributed by atoms with Gasteiger partial charge in [-0.3, -0.25) is 14.4 Å². The lowest BCUT2D eigenvalue weighted by Gasteiger charge is -2.40. The van der Waals surface area contributed by atoms with E-state index in [9.17, 15) is 14.4 Å². The number of nitrogens with zero attached hydrogens (tertiary/aromatic N) is 1. The third kappa shape index (κ3) is 8.32. The highest BCUT2D eigenvalue weighted by Crippen LogP contribution is 2.28. The summed E-state index contributed by atoms with van der Waals surface area (Å²) < 4.78 is 4.68. The van der Waals surface area contributed by atoms with Crippen molar-refractivity contribution in [3.8, 4) is 0 Å². The van der Waals surface area contributed by atoms with Gasteiger partial charge < -0.3 is 25.6 Å². The van der Waals surface area contributed by atoms with E-state index in [1.807, 2.05) is 78.8 Å². The van der Waals surface area contributed by atoms with Gasteiger partial charge in [0, 0.05) is 25.0 Å². The van der Waals surface area contributed by atoms with E-state index in [0.717, 1.165) is 5.56 Å². The van der Waals surface area contributed by atoms with Gasteiger partial charge in [0.05, 0.1) is 19.7 Å². The van der Waals surface area contributed by atoms with Crippen LogP contribution in [0.25, 0.3) is 0 Å². The first-order valence-electron chi connectivity index (χ1n) is 12.3. The Bertz CT molecular complexity index is 833. The van der Waals surface area contributed by atoms with E-state index in [1.54, 1.807) is 19.0 Å². The molecule has 1 aromatic carbocycles. The predicted molar refractivity (Wildman–Crippen MR) is 140 cm³/mol. The zero-order valence-corrected chi connectivity index (χ0v) is 23.2. The topological polar surface area (TPSA) is 99.8 Å². The van der Waals surface area contributed by atoms with Crippen LogP contribution in [0.15, 0.2) is 30.3 Å². The van der Waals surface area contributed by atoms with Gasteiger partial charge in [-0.1, -0.05) is 78.8 Å². The highest BCUT2D eigenvalue weighted by atomic mass is 16.5. The summed E-state index contributed by atoms with van der Waals surface area (Å²) in [7, 11) is 4.85. The maximum atomic E-state index is 13.7. The second-order valence-corrected chi connectivity index (χ2v) is 11.1. The summed E-state index contributed by atoms with van der Waals surface area (Å²) in [6.45, 7) is 14.4. The molecule has 0 saturated carbocycles. The van der Waals surface area contributed by atoms with E-state index >= 15 is 0 Å². The number of amides is 2. The van der Waals surface area contributed by atoms with Gasteiger partial charge in [0.2, 0.25) is 11.8 Å². The second kappa shape index (κ2) is 13.0. The largest absolute Gasteiger partial charge is 0.468 e. The summed E-state index contributed by atoms with van der Waals surface area (Å²) in [6.07, 6.45) is 0. The van der Waals surface area contributed by atoms with E-state index in [-0.39, 0.29) is 36.3 Å². The SMILES string of the molecule is CNC(C(=O)NC(C(=O)N(C)C(CNCC(=O)OC)C(C)C)C(C)(C)C)C(C)(C)c1ccccc1. The van der Waals surface area contributed by atoms with Crippen LogP contribution in [0.2, 0.25) is 0 Å². The molecule has 0 aromatic heterocycles. The smallest absolute Gasteiger partial charge is 0.319 e. The normalized spacial score (nSPS) is 14.7. The number of nitrogens with one attached hydrogen (secondary N) is 3. The fraction of sp³-hybridized carbons (Fsp3) is 0.667. The molecule has 0 bridgehead atoms. The van der Waals surface area contributed by atoms with Gasteiger partial charge in [0.15, 0.2) is 0 Å². The highest BCUT2D eigenvalue weighted by molar-refractivity contribution is 5.91. The molecule has 8 nitrogen and oxygen atoms in total. The van der Waals surface area contributed by atoms with Gasteiger partial charge in [-0.25, -0.2) is 0 Å². The molecular weight excluding hydrogens is 444 g/mol. The zero-order chi connectivity index (χ0) is 27.0. The Kier molecular flexibility index (Phi) is 11.4. The number of rotatable bonds is 12. The molecule has 1 aromatic rings. The number of benzene rings is 1. The van der Waals surface area contributed by atoms with Crippen molar-refractivity contribution >= 4 is 17.8 Å². The van der Waals surface area contributed by atoms with Crippen LogP contribution < -0.4 is 16.0 Å². The van der Waals surface area contributed by atoms with E-state index in [1.165, 1.54) is 7.11 Å². The van der Waals surface area contributed by atoms with Gasteiger partial charge in [-0.15, -0.1) is 0 Å². The maximum Gasteiger partial charge on any atom is 0.319 e. The molecule has 0 aliphatic carbocycles. The quantitative estimate of drug-likeness (QED) is 0.389. The minimum atomic E-state index is -0.732. The van der Waals surface area contributed by atoms with Crippen LogP contribution in [-0.4, -0.2) is 75.1 Å². The third-order valence-corrected chi connectivity index (χ3v) is 6.66. The van der Waals surface area contributed by atoms with Crippen molar-refractivity contribution in [3.63, 3.8) is 0 Å². The lowest BCUT2D eigenvalue weighted by Crippen LogP contribution is -2.62. The monoisotopic (exact) mass is 490 g/mol. The van der Waals surface area contributed by atoms with E-state index < -0.39 is 22.9 Å². The third-order valence-electron chi connectivity index (χ3n) is 6.66. The molecule has 0 spiro atoms. The number of hydrogen-bond donors (Lipinski definition) is 3. The molecule has 0 aliphatic heterocycles. The Morgan fingerprint density at radius 3 is 2.03 bits per heavy atom. The van der Waals surface area contributed by atoms with Crippen LogP contribution in [0, 0.1) is 11.3 Å². The van der Waals surface area contributed by atoms with Crippen molar-refractivity contribution in [2.45, 2.75) is 72.0 Å². The summed E-state index contributed by atoms with van der Waals surface area (Å²) >= 11 is 0. The lowest BCUT2D eigenvalue weighted by atomic mass is 9.76. The summed E-state index contributed by atoms with van der Waals surface area (Å²) in [4.78, 5) is 40.4. The molecule has 8 heteroatoms. The van der Waals surface area contributed by atoms with Crippen molar-refractivity contribution < 1.29 is 19.1 Å². The van der Waals surface area contributed by atoms with Gasteiger partial charge >= 0.3 is 5.97 Å². The average Bonchev–Trinajstić information content (AvgIpc) is 2.79. The minimum absolute atomic E-state index is 0.0691. The molecule has 0 radical (unpaired) electrons. The van der Waals surface area contributed by atoms with E-state index in [2.05, 4.69) is 20.7 Å². The molecule has 2 amide bonds. The van der Waals surface area contributed by atoms with Gasteiger partial charge in [-0.05, 0) is 23.9 Å². The van der Waals surface area contributed by atoms with Crippen LogP contribution in [0.4, 0.5) is 0 Å². The first-order chi connectivity index (χ1) is 16.2. The van der Waals surface area contributed by atoms with Gasteiger partial charge in [0.25, 0.3) is 0 Å². The Balaban J connectivity index is 3.13. The molecule has 3 N–H and O–H groups in total. The standard InChI is InChI=1S/C27H46N4O4/c1-18(2)20(16-29-17-21(32)35-10)31(9)25(34)23(26(3,4)5)30-24(33)22(28-8)27(6,7)19-14-12-11-13-15-19/h11-15,18,20,22-23,28-29H,16-17H2,1-10H3,(H,30,33). The zero-order valence-electron chi connectivity index (χ0n) is 23.2. The summed E-state index contributed by atoms with van der Waals surface area (Å²) in [6, 6.07) is 8.42. The van der Waals surface area contributed by atoms with Crippen molar-refractivity contribution in [2.24, 2.45) is 11.3 Å². The first kappa shape index (κ1) is 30.6. The van der Waals surface area contributed by atoms with Gasteiger partial charge in [-0.2, -0.15) is 0 Å². The number of carbonyl (C=O) groups is 3. The Hall–Kier alpha value is -2.45. The maximum absolute atomic E-state index is 13.7. The van der Waals surface area contributed by atoms with Gasteiger partial charge in [0.1, 0.15) is 6.04 Å². The van der Waals surface area contributed by atoms with Crippen molar-refractivity contribution in [3.05, 3.63) is 35.9 Å². The van der Waals surface area contributed by atoms with Crippen molar-refractivity contribution in [1.82, 2.24) is 20.9 Å². The Labute approximate surface area is 211 Å². The second-order valence-electron chi connectivity index (χ2n) is 11.1.